The van der Waals surface area contributed by atoms with Gasteiger partial charge in [0, 0.05) is 17.8 Å². The Hall–Kier alpha value is -1.98. The largest absolute Gasteiger partial charge is 0.481 e. The molecule has 0 aromatic carbocycles. The lowest BCUT2D eigenvalue weighted by atomic mass is 9.79. The number of aryl methyl sites for hydroxylation is 2. The minimum atomic E-state index is -0.726. The van der Waals surface area contributed by atoms with Gasteiger partial charge < -0.3 is 5.11 Å². The van der Waals surface area contributed by atoms with Crippen LogP contribution in [0.2, 0.25) is 0 Å². The van der Waals surface area contributed by atoms with E-state index in [4.69, 9.17) is 0 Å². The first-order valence-corrected chi connectivity index (χ1v) is 7.39. The van der Waals surface area contributed by atoms with E-state index in [1.54, 1.807) is 0 Å². The van der Waals surface area contributed by atoms with E-state index >= 15 is 0 Å². The van der Waals surface area contributed by atoms with Gasteiger partial charge in [0.15, 0.2) is 0 Å². The van der Waals surface area contributed by atoms with Crippen LogP contribution in [-0.2, 0) is 11.2 Å². The summed E-state index contributed by atoms with van der Waals surface area (Å²) in [4.78, 5) is 15.6. The Labute approximate surface area is 123 Å². The highest BCUT2D eigenvalue weighted by atomic mass is 16.4. The average Bonchev–Trinajstić information content (AvgIpc) is 2.97. The summed E-state index contributed by atoms with van der Waals surface area (Å²) in [6, 6.07) is 2.00. The van der Waals surface area contributed by atoms with E-state index in [9.17, 15) is 9.90 Å². The van der Waals surface area contributed by atoms with Crippen molar-refractivity contribution in [2.45, 2.75) is 52.4 Å². The molecule has 0 bridgehead atoms. The zero-order valence-corrected chi connectivity index (χ0v) is 12.5. The van der Waals surface area contributed by atoms with E-state index in [0.29, 0.717) is 12.2 Å². The lowest BCUT2D eigenvalue weighted by Crippen LogP contribution is -2.25. The van der Waals surface area contributed by atoms with Crippen molar-refractivity contribution in [1.82, 2.24) is 19.6 Å². The van der Waals surface area contributed by atoms with Gasteiger partial charge in [-0.3, -0.25) is 9.20 Å². The molecule has 2 aromatic heterocycles. The third-order valence-electron chi connectivity index (χ3n) is 4.48. The summed E-state index contributed by atoms with van der Waals surface area (Å²) in [6.07, 6.45) is 4.96. The van der Waals surface area contributed by atoms with Gasteiger partial charge >= 0.3 is 5.97 Å². The Balaban J connectivity index is 1.98. The maximum Gasteiger partial charge on any atom is 0.303 e. The number of hydrogen-bond acceptors (Lipinski definition) is 4. The van der Waals surface area contributed by atoms with Gasteiger partial charge in [-0.2, -0.15) is 0 Å². The predicted molar refractivity (Wildman–Crippen MR) is 77.1 cm³/mol. The SMILES string of the molecule is Cc1cc(C)n2c(CC3(CC(=O)O)CCCC3)nnc2n1. The number of fused-ring (bicyclic) bond motifs is 1. The molecule has 0 amide bonds. The highest BCUT2D eigenvalue weighted by Gasteiger charge is 2.37. The Morgan fingerprint density at radius 3 is 2.71 bits per heavy atom. The third-order valence-corrected chi connectivity index (χ3v) is 4.48. The molecular formula is C15H20N4O2. The minimum absolute atomic E-state index is 0.174. The minimum Gasteiger partial charge on any atom is -0.481 e. The van der Waals surface area contributed by atoms with Crippen molar-refractivity contribution in [2.24, 2.45) is 5.41 Å². The Morgan fingerprint density at radius 2 is 2.05 bits per heavy atom. The molecule has 1 aliphatic carbocycles. The maximum atomic E-state index is 11.2. The normalized spacial score (nSPS) is 17.4. The number of carbonyl (C=O) groups is 1. The third kappa shape index (κ3) is 2.62. The van der Waals surface area contributed by atoms with Crippen molar-refractivity contribution in [3.05, 3.63) is 23.3 Å². The second-order valence-corrected chi connectivity index (χ2v) is 6.24. The molecule has 21 heavy (non-hydrogen) atoms. The number of carboxylic acid groups (broad SMARTS) is 1. The molecule has 3 rings (SSSR count). The number of aliphatic carboxylic acids is 1. The fraction of sp³-hybridized carbons (Fsp3) is 0.600. The van der Waals surface area contributed by atoms with Gasteiger partial charge in [-0.25, -0.2) is 4.98 Å². The topological polar surface area (TPSA) is 80.4 Å². The van der Waals surface area contributed by atoms with E-state index < -0.39 is 5.97 Å². The van der Waals surface area contributed by atoms with Gasteiger partial charge in [0.1, 0.15) is 5.82 Å². The number of nitrogens with zero attached hydrogens (tertiary/aromatic N) is 4. The average molecular weight is 288 g/mol. The van der Waals surface area contributed by atoms with E-state index in [1.165, 1.54) is 0 Å². The van der Waals surface area contributed by atoms with Crippen molar-refractivity contribution >= 4 is 11.7 Å². The van der Waals surface area contributed by atoms with Crippen LogP contribution >= 0.6 is 0 Å². The molecule has 0 spiro atoms. The van der Waals surface area contributed by atoms with Crippen LogP contribution in [0.3, 0.4) is 0 Å². The molecule has 1 fully saturated rings. The zero-order chi connectivity index (χ0) is 15.0. The maximum absolute atomic E-state index is 11.2. The monoisotopic (exact) mass is 288 g/mol. The van der Waals surface area contributed by atoms with Gasteiger partial charge in [-0.15, -0.1) is 10.2 Å². The molecule has 0 unspecified atom stereocenters. The summed E-state index contributed by atoms with van der Waals surface area (Å²) in [5.41, 5.74) is 1.78. The lowest BCUT2D eigenvalue weighted by Gasteiger charge is -2.26. The van der Waals surface area contributed by atoms with Gasteiger partial charge in [-0.1, -0.05) is 12.8 Å². The van der Waals surface area contributed by atoms with Crippen molar-refractivity contribution in [2.75, 3.05) is 0 Å². The fourth-order valence-corrected chi connectivity index (χ4v) is 3.61. The van der Waals surface area contributed by atoms with Crippen LogP contribution in [0.25, 0.3) is 5.78 Å². The predicted octanol–water partition coefficient (Wildman–Crippen LogP) is 2.32. The summed E-state index contributed by atoms with van der Waals surface area (Å²) in [5.74, 6) is 0.709. The van der Waals surface area contributed by atoms with Crippen molar-refractivity contribution in [1.29, 1.82) is 0 Å². The van der Waals surface area contributed by atoms with E-state index in [0.717, 1.165) is 42.9 Å². The number of aromatic nitrogens is 4. The van der Waals surface area contributed by atoms with Crippen LogP contribution in [0, 0.1) is 19.3 Å². The summed E-state index contributed by atoms with van der Waals surface area (Å²) >= 11 is 0. The molecule has 6 nitrogen and oxygen atoms in total. The summed E-state index contributed by atoms with van der Waals surface area (Å²) in [7, 11) is 0. The lowest BCUT2D eigenvalue weighted by molar-refractivity contribution is -0.139. The van der Waals surface area contributed by atoms with Gasteiger partial charge in [0.05, 0.1) is 6.42 Å². The number of carboxylic acids is 1. The van der Waals surface area contributed by atoms with Crippen LogP contribution in [0.4, 0.5) is 0 Å². The highest BCUT2D eigenvalue weighted by Crippen LogP contribution is 2.43. The molecule has 0 radical (unpaired) electrons. The van der Waals surface area contributed by atoms with E-state index in [-0.39, 0.29) is 11.8 Å². The molecule has 0 atom stereocenters. The molecule has 1 N–H and O–H groups in total. The van der Waals surface area contributed by atoms with Crippen LogP contribution in [-0.4, -0.2) is 30.7 Å². The molecule has 1 aliphatic rings. The first kappa shape index (κ1) is 14.0. The van der Waals surface area contributed by atoms with E-state index in [2.05, 4.69) is 15.2 Å². The smallest absolute Gasteiger partial charge is 0.303 e. The Morgan fingerprint density at radius 1 is 1.33 bits per heavy atom. The Kier molecular flexibility index (Phi) is 3.39. The summed E-state index contributed by atoms with van der Waals surface area (Å²) < 4.78 is 1.95. The van der Waals surface area contributed by atoms with Crippen LogP contribution in [0.5, 0.6) is 0 Å². The molecular weight excluding hydrogens is 268 g/mol. The molecule has 112 valence electrons. The standard InChI is InChI=1S/C15H20N4O2/c1-10-7-11(2)19-12(17-18-14(19)16-10)8-15(9-13(20)21)5-3-4-6-15/h7H,3-6,8-9H2,1-2H3,(H,20,21). The van der Waals surface area contributed by atoms with Crippen molar-refractivity contribution in [3.8, 4) is 0 Å². The first-order valence-electron chi connectivity index (χ1n) is 7.39. The Bertz CT molecular complexity index is 686. The van der Waals surface area contributed by atoms with Crippen LogP contribution in [0.15, 0.2) is 6.07 Å². The van der Waals surface area contributed by atoms with Crippen LogP contribution < -0.4 is 0 Å². The molecule has 6 heteroatoms. The van der Waals surface area contributed by atoms with Gasteiger partial charge in [0.2, 0.25) is 0 Å². The quantitative estimate of drug-likeness (QED) is 0.933. The first-order chi connectivity index (χ1) is 9.99. The zero-order valence-electron chi connectivity index (χ0n) is 12.5. The second-order valence-electron chi connectivity index (χ2n) is 6.24. The van der Waals surface area contributed by atoms with Gasteiger partial charge in [0.25, 0.3) is 5.78 Å². The van der Waals surface area contributed by atoms with Gasteiger partial charge in [-0.05, 0) is 38.2 Å². The molecule has 1 saturated carbocycles. The van der Waals surface area contributed by atoms with Crippen molar-refractivity contribution in [3.63, 3.8) is 0 Å². The highest BCUT2D eigenvalue weighted by molar-refractivity contribution is 5.67. The molecule has 0 aliphatic heterocycles. The number of hydrogen-bond donors (Lipinski definition) is 1. The summed E-state index contributed by atoms with van der Waals surface area (Å²) in [5, 5.41) is 17.6. The second kappa shape index (κ2) is 5.09. The molecule has 2 heterocycles. The van der Waals surface area contributed by atoms with E-state index in [1.807, 2.05) is 24.3 Å². The van der Waals surface area contributed by atoms with Crippen LogP contribution in [0.1, 0.15) is 49.3 Å². The molecule has 2 aromatic rings. The summed E-state index contributed by atoms with van der Waals surface area (Å²) in [6.45, 7) is 3.94. The number of rotatable bonds is 4. The van der Waals surface area contributed by atoms with Crippen molar-refractivity contribution < 1.29 is 9.90 Å². The fourth-order valence-electron chi connectivity index (χ4n) is 3.61. The molecule has 0 saturated heterocycles.